The second-order valence-corrected chi connectivity index (χ2v) is 7.50. The van der Waals surface area contributed by atoms with Gasteiger partial charge in [0.2, 0.25) is 0 Å². The molecule has 0 spiro atoms. The first-order valence-corrected chi connectivity index (χ1v) is 8.99. The van der Waals surface area contributed by atoms with E-state index in [1.807, 2.05) is 0 Å². The third-order valence-electron chi connectivity index (χ3n) is 4.62. The summed E-state index contributed by atoms with van der Waals surface area (Å²) >= 11 is 0. The van der Waals surface area contributed by atoms with E-state index >= 15 is 0 Å². The smallest absolute Gasteiger partial charge is 0.0986 e. The average molecular weight is 337 g/mol. The Bertz CT molecular complexity index is 748. The van der Waals surface area contributed by atoms with Crippen molar-refractivity contribution in [2.75, 3.05) is 11.6 Å². The normalized spacial score (nSPS) is 15.6. The molecule has 25 heavy (non-hydrogen) atoms. The summed E-state index contributed by atoms with van der Waals surface area (Å²) in [5, 5.41) is 0. The zero-order chi connectivity index (χ0) is 18.7. The van der Waals surface area contributed by atoms with Crippen LogP contribution in [0.15, 0.2) is 59.1 Å². The molecule has 134 valence electrons. The molecule has 0 radical (unpaired) electrons. The molecule has 1 aromatic rings. The summed E-state index contributed by atoms with van der Waals surface area (Å²) in [5.74, 6) is 0. The fourth-order valence-corrected chi connectivity index (χ4v) is 3.58. The lowest BCUT2D eigenvalue weighted by Crippen LogP contribution is -2.25. The third-order valence-corrected chi connectivity index (χ3v) is 4.62. The van der Waals surface area contributed by atoms with Crippen LogP contribution in [-0.4, -0.2) is 11.6 Å². The molecule has 1 aliphatic rings. The summed E-state index contributed by atoms with van der Waals surface area (Å²) in [7, 11) is 0. The number of allylic oxidation sites excluding steroid dienone is 6. The van der Waals surface area contributed by atoms with Gasteiger partial charge in [-0.3, -0.25) is 0 Å². The Morgan fingerprint density at radius 2 is 1.48 bits per heavy atom. The van der Waals surface area contributed by atoms with Gasteiger partial charge in [-0.2, -0.15) is 0 Å². The molecule has 2 heteroatoms. The maximum absolute atomic E-state index is 2.34. The zero-order valence-corrected chi connectivity index (χ0v) is 17.1. The SMILES string of the molecule is CC(C)=C/C(C)=C\C(C)=C(/C)N1C=CN(c2c(C)cc(C)cc2C)C1. The number of anilines is 1. The Morgan fingerprint density at radius 3 is 2.04 bits per heavy atom. The topological polar surface area (TPSA) is 6.48 Å². The van der Waals surface area contributed by atoms with Gasteiger partial charge < -0.3 is 9.80 Å². The summed E-state index contributed by atoms with van der Waals surface area (Å²) in [6.45, 7) is 18.2. The maximum Gasteiger partial charge on any atom is 0.0986 e. The molecule has 1 aliphatic heterocycles. The highest BCUT2D eigenvalue weighted by Crippen LogP contribution is 2.30. The molecule has 0 unspecified atom stereocenters. The van der Waals surface area contributed by atoms with Gasteiger partial charge in [0.1, 0.15) is 0 Å². The van der Waals surface area contributed by atoms with Gasteiger partial charge in [-0.15, -0.1) is 0 Å². The van der Waals surface area contributed by atoms with E-state index in [1.54, 1.807) is 0 Å². The van der Waals surface area contributed by atoms with E-state index in [9.17, 15) is 0 Å². The van der Waals surface area contributed by atoms with Crippen LogP contribution in [0.25, 0.3) is 0 Å². The van der Waals surface area contributed by atoms with Crippen LogP contribution < -0.4 is 4.90 Å². The van der Waals surface area contributed by atoms with E-state index in [2.05, 4.69) is 102 Å². The van der Waals surface area contributed by atoms with E-state index in [0.717, 1.165) is 6.67 Å². The molecule has 2 rings (SSSR count). The number of nitrogens with zero attached hydrogens (tertiary/aromatic N) is 2. The monoisotopic (exact) mass is 336 g/mol. The van der Waals surface area contributed by atoms with E-state index in [0.29, 0.717) is 0 Å². The van der Waals surface area contributed by atoms with Gasteiger partial charge in [-0.05, 0) is 72.1 Å². The van der Waals surface area contributed by atoms with Crippen LogP contribution in [0.3, 0.4) is 0 Å². The molecule has 2 nitrogen and oxygen atoms in total. The minimum atomic E-state index is 0.865. The van der Waals surface area contributed by atoms with Crippen LogP contribution in [-0.2, 0) is 0 Å². The fourth-order valence-electron chi connectivity index (χ4n) is 3.58. The van der Waals surface area contributed by atoms with E-state index in [4.69, 9.17) is 0 Å². The largest absolute Gasteiger partial charge is 0.332 e. The van der Waals surface area contributed by atoms with Crippen molar-refractivity contribution in [1.29, 1.82) is 0 Å². The minimum Gasteiger partial charge on any atom is -0.332 e. The number of benzene rings is 1. The van der Waals surface area contributed by atoms with Crippen LogP contribution >= 0.6 is 0 Å². The summed E-state index contributed by atoms with van der Waals surface area (Å²) in [6.07, 6.45) is 8.86. The van der Waals surface area contributed by atoms with Gasteiger partial charge >= 0.3 is 0 Å². The highest BCUT2D eigenvalue weighted by molar-refractivity contribution is 5.62. The Balaban J connectivity index is 2.22. The zero-order valence-electron chi connectivity index (χ0n) is 17.1. The van der Waals surface area contributed by atoms with Crippen molar-refractivity contribution in [1.82, 2.24) is 4.90 Å². The highest BCUT2D eigenvalue weighted by atomic mass is 15.3. The summed E-state index contributed by atoms with van der Waals surface area (Å²) in [4.78, 5) is 4.66. The summed E-state index contributed by atoms with van der Waals surface area (Å²) < 4.78 is 0. The summed E-state index contributed by atoms with van der Waals surface area (Å²) in [5.41, 5.74) is 10.5. The number of hydrogen-bond acceptors (Lipinski definition) is 2. The van der Waals surface area contributed by atoms with Gasteiger partial charge in [-0.1, -0.05) is 41.0 Å². The number of rotatable bonds is 4. The van der Waals surface area contributed by atoms with Crippen molar-refractivity contribution in [3.63, 3.8) is 0 Å². The summed E-state index contributed by atoms with van der Waals surface area (Å²) in [6, 6.07) is 4.52. The molecule has 0 amide bonds. The first-order valence-electron chi connectivity index (χ1n) is 8.99. The molecule has 0 saturated carbocycles. The van der Waals surface area contributed by atoms with Crippen molar-refractivity contribution in [3.8, 4) is 0 Å². The second kappa shape index (κ2) is 7.77. The molecule has 0 bridgehead atoms. The van der Waals surface area contributed by atoms with Crippen molar-refractivity contribution in [2.45, 2.75) is 55.4 Å². The number of aryl methyl sites for hydroxylation is 3. The molecular formula is C23H32N2. The molecule has 1 aromatic carbocycles. The Labute approximate surface area is 153 Å². The third kappa shape index (κ3) is 4.66. The van der Waals surface area contributed by atoms with Crippen molar-refractivity contribution >= 4 is 5.69 Å². The first kappa shape index (κ1) is 19.1. The van der Waals surface area contributed by atoms with Gasteiger partial charge in [0, 0.05) is 23.8 Å². The van der Waals surface area contributed by atoms with Crippen LogP contribution in [0.4, 0.5) is 5.69 Å². The predicted octanol–water partition coefficient (Wildman–Crippen LogP) is 6.37. The minimum absolute atomic E-state index is 0.865. The van der Waals surface area contributed by atoms with Gasteiger partial charge in [-0.25, -0.2) is 0 Å². The predicted molar refractivity (Wildman–Crippen MR) is 111 cm³/mol. The van der Waals surface area contributed by atoms with E-state index in [1.165, 1.54) is 44.8 Å². The van der Waals surface area contributed by atoms with Crippen molar-refractivity contribution in [3.05, 3.63) is 75.8 Å². The molecule has 0 aliphatic carbocycles. The lowest BCUT2D eigenvalue weighted by atomic mass is 10.0. The van der Waals surface area contributed by atoms with Crippen LogP contribution in [0, 0.1) is 20.8 Å². The van der Waals surface area contributed by atoms with Gasteiger partial charge in [0.15, 0.2) is 0 Å². The quantitative estimate of drug-likeness (QED) is 0.589. The van der Waals surface area contributed by atoms with E-state index in [-0.39, 0.29) is 0 Å². The lowest BCUT2D eigenvalue weighted by molar-refractivity contribution is 0.498. The molecule has 0 aromatic heterocycles. The molecule has 0 atom stereocenters. The van der Waals surface area contributed by atoms with Crippen LogP contribution in [0.2, 0.25) is 0 Å². The first-order chi connectivity index (χ1) is 11.7. The molecule has 0 N–H and O–H groups in total. The lowest BCUT2D eigenvalue weighted by Gasteiger charge is -2.25. The van der Waals surface area contributed by atoms with Crippen LogP contribution in [0.1, 0.15) is 51.3 Å². The van der Waals surface area contributed by atoms with E-state index < -0.39 is 0 Å². The Hall–Kier alpha value is -2.22. The molecular weight excluding hydrogens is 304 g/mol. The molecule has 0 saturated heterocycles. The van der Waals surface area contributed by atoms with Gasteiger partial charge in [0.25, 0.3) is 0 Å². The average Bonchev–Trinajstić information content (AvgIpc) is 2.93. The highest BCUT2D eigenvalue weighted by Gasteiger charge is 2.19. The maximum atomic E-state index is 2.34. The Morgan fingerprint density at radius 1 is 0.880 bits per heavy atom. The standard InChI is InChI=1S/C23H32N2/c1-16(2)11-17(3)12-19(5)22(8)24-9-10-25(15-24)23-20(6)13-18(4)14-21(23)7/h9-14H,15H2,1-8H3/b17-12-,22-19+. The number of hydrogen-bond donors (Lipinski definition) is 0. The van der Waals surface area contributed by atoms with Crippen molar-refractivity contribution in [2.24, 2.45) is 0 Å². The second-order valence-electron chi connectivity index (χ2n) is 7.50. The fraction of sp³-hybridized carbons (Fsp3) is 0.391. The van der Waals surface area contributed by atoms with Gasteiger partial charge in [0.05, 0.1) is 6.67 Å². The molecule has 1 heterocycles. The Kier molecular flexibility index (Phi) is 5.94. The molecule has 0 fully saturated rings. The van der Waals surface area contributed by atoms with Crippen LogP contribution in [0.5, 0.6) is 0 Å². The van der Waals surface area contributed by atoms with Crippen molar-refractivity contribution < 1.29 is 0 Å².